The highest BCUT2D eigenvalue weighted by molar-refractivity contribution is 7.20. The Hall–Kier alpha value is -1.63. The van der Waals surface area contributed by atoms with E-state index in [0.717, 1.165) is 21.3 Å². The molecule has 0 aliphatic carbocycles. The quantitative estimate of drug-likeness (QED) is 0.746. The van der Waals surface area contributed by atoms with Gasteiger partial charge in [0.05, 0.1) is 17.5 Å². The second-order valence-electron chi connectivity index (χ2n) is 5.47. The zero-order valence-corrected chi connectivity index (χ0v) is 13.9. The van der Waals surface area contributed by atoms with Gasteiger partial charge in [-0.25, -0.2) is 9.50 Å². The van der Waals surface area contributed by atoms with E-state index in [9.17, 15) is 5.11 Å². The van der Waals surface area contributed by atoms with Gasteiger partial charge in [-0.15, -0.1) is 5.10 Å². The molecular formula is C15H17ClN4OS. The molecule has 22 heavy (non-hydrogen) atoms. The number of benzene rings is 1. The Balaban J connectivity index is 1.79. The van der Waals surface area contributed by atoms with Gasteiger partial charge in [0, 0.05) is 17.1 Å². The van der Waals surface area contributed by atoms with Gasteiger partial charge in [0.1, 0.15) is 0 Å². The Morgan fingerprint density at radius 1 is 1.36 bits per heavy atom. The van der Waals surface area contributed by atoms with Crippen molar-refractivity contribution < 1.29 is 5.11 Å². The smallest absolute Gasteiger partial charge is 0.214 e. The molecule has 1 aromatic carbocycles. The maximum Gasteiger partial charge on any atom is 0.214 e. The largest absolute Gasteiger partial charge is 0.388 e. The summed E-state index contributed by atoms with van der Waals surface area (Å²) >= 11 is 7.36. The number of anilines is 1. The molecule has 0 aliphatic heterocycles. The maximum absolute atomic E-state index is 10.0. The van der Waals surface area contributed by atoms with E-state index < -0.39 is 5.60 Å². The van der Waals surface area contributed by atoms with Gasteiger partial charge in [-0.2, -0.15) is 0 Å². The third kappa shape index (κ3) is 3.24. The molecule has 0 amide bonds. The molecule has 0 spiro atoms. The van der Waals surface area contributed by atoms with E-state index >= 15 is 0 Å². The summed E-state index contributed by atoms with van der Waals surface area (Å²) in [6.45, 7) is 4.22. The Labute approximate surface area is 137 Å². The number of halogens is 1. The molecule has 0 saturated heterocycles. The minimum Gasteiger partial charge on any atom is -0.388 e. The summed E-state index contributed by atoms with van der Waals surface area (Å²) in [7, 11) is 0. The number of aromatic nitrogens is 3. The summed E-state index contributed by atoms with van der Waals surface area (Å²) in [5.41, 5.74) is 1.13. The third-order valence-electron chi connectivity index (χ3n) is 3.57. The average Bonchev–Trinajstić information content (AvgIpc) is 3.04. The van der Waals surface area contributed by atoms with Crippen LogP contribution in [0.5, 0.6) is 0 Å². The van der Waals surface area contributed by atoms with Crippen molar-refractivity contribution in [3.63, 3.8) is 0 Å². The van der Waals surface area contributed by atoms with E-state index in [1.807, 2.05) is 37.4 Å². The number of fused-ring (bicyclic) bond motifs is 1. The fourth-order valence-electron chi connectivity index (χ4n) is 1.92. The lowest BCUT2D eigenvalue weighted by Crippen LogP contribution is -2.32. The highest BCUT2D eigenvalue weighted by atomic mass is 35.5. The number of imidazole rings is 1. The molecule has 2 heterocycles. The molecule has 1 atom stereocenters. The third-order valence-corrected chi connectivity index (χ3v) is 4.70. The number of nitrogens with zero attached hydrogens (tertiary/aromatic N) is 3. The lowest BCUT2D eigenvalue weighted by molar-refractivity contribution is 0.0697. The first kappa shape index (κ1) is 15.3. The van der Waals surface area contributed by atoms with Gasteiger partial charge in [-0.3, -0.25) is 0 Å². The van der Waals surface area contributed by atoms with Crippen LogP contribution < -0.4 is 5.32 Å². The zero-order valence-electron chi connectivity index (χ0n) is 12.4. The van der Waals surface area contributed by atoms with Crippen LogP contribution in [0.25, 0.3) is 16.2 Å². The van der Waals surface area contributed by atoms with E-state index in [-0.39, 0.29) is 0 Å². The summed E-state index contributed by atoms with van der Waals surface area (Å²) in [6.07, 6.45) is 2.57. The lowest BCUT2D eigenvalue weighted by Gasteiger charge is -2.20. The van der Waals surface area contributed by atoms with Crippen molar-refractivity contribution >= 4 is 33.0 Å². The van der Waals surface area contributed by atoms with Crippen LogP contribution in [0.1, 0.15) is 20.3 Å². The summed E-state index contributed by atoms with van der Waals surface area (Å²) in [5, 5.41) is 19.1. The maximum atomic E-state index is 10.0. The predicted molar refractivity (Wildman–Crippen MR) is 90.7 cm³/mol. The van der Waals surface area contributed by atoms with Crippen molar-refractivity contribution in [3.05, 3.63) is 35.5 Å². The standard InChI is InChI=1S/C15H17ClN4OS/c1-3-15(2,21)9-17-13-19-20-8-12(18-14(20)22-13)10-4-6-11(16)7-5-10/h4-8,21H,3,9H2,1-2H3,(H,17,19). The van der Waals surface area contributed by atoms with Gasteiger partial charge in [-0.1, -0.05) is 42.0 Å². The second-order valence-corrected chi connectivity index (χ2v) is 6.86. The van der Waals surface area contributed by atoms with Gasteiger partial charge in [0.25, 0.3) is 0 Å². The molecule has 3 rings (SSSR count). The zero-order chi connectivity index (χ0) is 15.7. The molecule has 0 bridgehead atoms. The Kier molecular flexibility index (Phi) is 4.08. The minimum atomic E-state index is -0.734. The van der Waals surface area contributed by atoms with E-state index in [0.29, 0.717) is 18.0 Å². The molecule has 1 unspecified atom stereocenters. The number of nitrogens with one attached hydrogen (secondary N) is 1. The van der Waals surface area contributed by atoms with Gasteiger partial charge in [0.15, 0.2) is 0 Å². The van der Waals surface area contributed by atoms with Gasteiger partial charge in [-0.05, 0) is 25.5 Å². The highest BCUT2D eigenvalue weighted by Crippen LogP contribution is 2.25. The first-order valence-corrected chi connectivity index (χ1v) is 8.25. The van der Waals surface area contributed by atoms with Gasteiger partial charge >= 0.3 is 0 Å². The van der Waals surface area contributed by atoms with E-state index in [1.165, 1.54) is 11.3 Å². The van der Waals surface area contributed by atoms with Crippen LogP contribution in [0.4, 0.5) is 5.13 Å². The van der Waals surface area contributed by atoms with Crippen LogP contribution in [0, 0.1) is 0 Å². The molecule has 2 N–H and O–H groups in total. The summed E-state index contributed by atoms with van der Waals surface area (Å²) in [6, 6.07) is 7.56. The molecular weight excluding hydrogens is 320 g/mol. The SMILES string of the molecule is CCC(C)(O)CNc1nn2cc(-c3ccc(Cl)cc3)nc2s1. The van der Waals surface area contributed by atoms with E-state index in [4.69, 9.17) is 11.6 Å². The number of hydrogen-bond acceptors (Lipinski definition) is 5. The fraction of sp³-hybridized carbons (Fsp3) is 0.333. The molecule has 0 aliphatic rings. The monoisotopic (exact) mass is 336 g/mol. The van der Waals surface area contributed by atoms with Crippen LogP contribution in [0.15, 0.2) is 30.5 Å². The van der Waals surface area contributed by atoms with Crippen molar-refractivity contribution in [2.45, 2.75) is 25.9 Å². The van der Waals surface area contributed by atoms with Crippen LogP contribution in [-0.2, 0) is 0 Å². The second kappa shape index (κ2) is 5.87. The normalized spacial score (nSPS) is 14.2. The van der Waals surface area contributed by atoms with Crippen molar-refractivity contribution in [2.75, 3.05) is 11.9 Å². The summed E-state index contributed by atoms with van der Waals surface area (Å²) in [5.74, 6) is 0. The first-order valence-electron chi connectivity index (χ1n) is 7.05. The highest BCUT2D eigenvalue weighted by Gasteiger charge is 2.18. The van der Waals surface area contributed by atoms with Crippen LogP contribution in [0.3, 0.4) is 0 Å². The van der Waals surface area contributed by atoms with Crippen LogP contribution in [-0.4, -0.2) is 31.9 Å². The van der Waals surface area contributed by atoms with Crippen molar-refractivity contribution in [1.82, 2.24) is 14.6 Å². The van der Waals surface area contributed by atoms with Crippen molar-refractivity contribution in [1.29, 1.82) is 0 Å². The van der Waals surface area contributed by atoms with E-state index in [1.54, 1.807) is 11.4 Å². The number of aliphatic hydroxyl groups is 1. The Morgan fingerprint density at radius 2 is 2.09 bits per heavy atom. The molecule has 0 radical (unpaired) electrons. The molecule has 116 valence electrons. The minimum absolute atomic E-state index is 0.463. The lowest BCUT2D eigenvalue weighted by atomic mass is 10.0. The topological polar surface area (TPSA) is 62.5 Å². The molecule has 7 heteroatoms. The number of hydrogen-bond donors (Lipinski definition) is 2. The van der Waals surface area contributed by atoms with Gasteiger partial charge in [0.2, 0.25) is 10.1 Å². The molecule has 3 aromatic rings. The van der Waals surface area contributed by atoms with Crippen molar-refractivity contribution in [2.24, 2.45) is 0 Å². The average molecular weight is 337 g/mol. The Morgan fingerprint density at radius 3 is 2.73 bits per heavy atom. The molecule has 0 fully saturated rings. The van der Waals surface area contributed by atoms with Crippen LogP contribution >= 0.6 is 22.9 Å². The predicted octanol–water partition coefficient (Wildman–Crippen LogP) is 3.68. The Bertz CT molecular complexity index is 747. The number of rotatable bonds is 5. The van der Waals surface area contributed by atoms with E-state index in [2.05, 4.69) is 15.4 Å². The molecule has 5 nitrogen and oxygen atoms in total. The van der Waals surface area contributed by atoms with Crippen LogP contribution in [0.2, 0.25) is 5.02 Å². The van der Waals surface area contributed by atoms with Gasteiger partial charge < -0.3 is 10.4 Å². The summed E-state index contributed by atoms with van der Waals surface area (Å²) < 4.78 is 1.75. The molecule has 2 aromatic heterocycles. The fourth-order valence-corrected chi connectivity index (χ4v) is 2.83. The molecule has 0 saturated carbocycles. The summed E-state index contributed by atoms with van der Waals surface area (Å²) in [4.78, 5) is 5.38. The van der Waals surface area contributed by atoms with Crippen molar-refractivity contribution in [3.8, 4) is 11.3 Å². The first-order chi connectivity index (χ1) is 10.5.